The van der Waals surface area contributed by atoms with E-state index in [0.717, 1.165) is 5.69 Å². The molecule has 1 aliphatic carbocycles. The molecule has 1 aromatic heterocycles. The fourth-order valence-electron chi connectivity index (χ4n) is 1.73. The predicted octanol–water partition coefficient (Wildman–Crippen LogP) is 3.42. The third kappa shape index (κ3) is 3.52. The average molecular weight is 338 g/mol. The molecule has 6 heteroatoms. The number of nitrogens with zero attached hydrogens (tertiary/aromatic N) is 2. The average Bonchev–Trinajstić information content (AvgIpc) is 3.25. The lowest BCUT2D eigenvalue weighted by molar-refractivity contribution is 0.449. The Balaban J connectivity index is 1.72. The van der Waals surface area contributed by atoms with E-state index >= 15 is 0 Å². The highest BCUT2D eigenvalue weighted by molar-refractivity contribution is 9.10. The number of halogens is 2. The zero-order valence-electron chi connectivity index (χ0n) is 10.6. The van der Waals surface area contributed by atoms with Gasteiger partial charge in [-0.1, -0.05) is 0 Å². The number of hydrogen-bond donors (Lipinski definition) is 1. The van der Waals surface area contributed by atoms with Crippen molar-refractivity contribution in [3.63, 3.8) is 0 Å². The molecule has 0 bridgehead atoms. The summed E-state index contributed by atoms with van der Waals surface area (Å²) < 4.78 is 19.4. The third-order valence-electron chi connectivity index (χ3n) is 2.92. The maximum atomic E-state index is 13.2. The van der Waals surface area contributed by atoms with Gasteiger partial charge in [0.2, 0.25) is 5.88 Å². The van der Waals surface area contributed by atoms with Crippen LogP contribution in [-0.4, -0.2) is 16.0 Å². The molecule has 1 N–H and O–H groups in total. The molecule has 1 aromatic carbocycles. The van der Waals surface area contributed by atoms with E-state index in [4.69, 9.17) is 4.74 Å². The summed E-state index contributed by atoms with van der Waals surface area (Å²) in [7, 11) is 0. The van der Waals surface area contributed by atoms with Crippen LogP contribution >= 0.6 is 15.9 Å². The molecule has 0 aliphatic heterocycles. The van der Waals surface area contributed by atoms with Gasteiger partial charge in [-0.2, -0.15) is 0 Å². The Labute approximate surface area is 124 Å². The van der Waals surface area contributed by atoms with E-state index in [-0.39, 0.29) is 5.82 Å². The van der Waals surface area contributed by atoms with Crippen molar-refractivity contribution in [2.24, 2.45) is 0 Å². The first-order valence-corrected chi connectivity index (χ1v) is 7.17. The number of hydrogen-bond acceptors (Lipinski definition) is 4. The van der Waals surface area contributed by atoms with Crippen LogP contribution in [0.2, 0.25) is 0 Å². The Morgan fingerprint density at radius 1 is 1.35 bits per heavy atom. The van der Waals surface area contributed by atoms with Crippen molar-refractivity contribution in [2.45, 2.75) is 25.4 Å². The van der Waals surface area contributed by atoms with Gasteiger partial charge in [0.1, 0.15) is 11.6 Å². The Kier molecular flexibility index (Phi) is 3.93. The van der Waals surface area contributed by atoms with Gasteiger partial charge < -0.3 is 10.1 Å². The second kappa shape index (κ2) is 5.85. The molecule has 1 heterocycles. The molecule has 2 aromatic rings. The fourth-order valence-corrected chi connectivity index (χ4v) is 2.05. The van der Waals surface area contributed by atoms with E-state index < -0.39 is 0 Å². The number of benzene rings is 1. The molecule has 4 nitrogen and oxygen atoms in total. The third-order valence-corrected chi connectivity index (χ3v) is 3.57. The summed E-state index contributed by atoms with van der Waals surface area (Å²) in [5, 5.41) is 3.36. The standard InChI is InChI=1S/C14H13BrFN3O/c15-12-4-1-9(16)5-13(12)20-14-8-17-6-11(19-14)7-18-10-2-3-10/h1,4-6,8,10,18H,2-3,7H2. The first-order valence-electron chi connectivity index (χ1n) is 6.38. The maximum Gasteiger partial charge on any atom is 0.238 e. The van der Waals surface area contributed by atoms with E-state index in [0.29, 0.717) is 28.7 Å². The topological polar surface area (TPSA) is 47.0 Å². The van der Waals surface area contributed by atoms with Crippen LogP contribution in [0.3, 0.4) is 0 Å². The largest absolute Gasteiger partial charge is 0.436 e. The highest BCUT2D eigenvalue weighted by atomic mass is 79.9. The first kappa shape index (κ1) is 13.5. The predicted molar refractivity (Wildman–Crippen MR) is 76.1 cm³/mol. The molecular weight excluding hydrogens is 325 g/mol. The molecule has 0 amide bonds. The Morgan fingerprint density at radius 3 is 3.00 bits per heavy atom. The van der Waals surface area contributed by atoms with E-state index in [2.05, 4.69) is 31.2 Å². The summed E-state index contributed by atoms with van der Waals surface area (Å²) in [5.74, 6) is 0.376. The van der Waals surface area contributed by atoms with Gasteiger partial charge in [-0.15, -0.1) is 0 Å². The molecule has 20 heavy (non-hydrogen) atoms. The van der Waals surface area contributed by atoms with Gasteiger partial charge in [0.05, 0.1) is 16.4 Å². The minimum absolute atomic E-state index is 0.353. The molecule has 0 atom stereocenters. The molecular formula is C14H13BrFN3O. The zero-order chi connectivity index (χ0) is 13.9. The monoisotopic (exact) mass is 337 g/mol. The lowest BCUT2D eigenvalue weighted by Crippen LogP contribution is -2.16. The van der Waals surface area contributed by atoms with Gasteiger partial charge >= 0.3 is 0 Å². The Bertz CT molecular complexity index is 619. The minimum atomic E-state index is -0.359. The summed E-state index contributed by atoms with van der Waals surface area (Å²) in [6.07, 6.45) is 5.65. The molecule has 0 spiro atoms. The van der Waals surface area contributed by atoms with Crippen LogP contribution in [0.15, 0.2) is 35.1 Å². The Hall–Kier alpha value is -1.53. The SMILES string of the molecule is Fc1ccc(Br)c(Oc2cncc(CNC3CC3)n2)c1. The van der Waals surface area contributed by atoms with Crippen molar-refractivity contribution in [3.8, 4) is 11.6 Å². The maximum absolute atomic E-state index is 13.2. The molecule has 0 radical (unpaired) electrons. The highest BCUT2D eigenvalue weighted by Gasteiger charge is 2.20. The number of nitrogens with one attached hydrogen (secondary N) is 1. The number of aromatic nitrogens is 2. The van der Waals surface area contributed by atoms with Crippen LogP contribution in [0.1, 0.15) is 18.5 Å². The second-order valence-electron chi connectivity index (χ2n) is 4.68. The van der Waals surface area contributed by atoms with Gasteiger partial charge in [0.15, 0.2) is 0 Å². The molecule has 1 saturated carbocycles. The molecule has 0 saturated heterocycles. The van der Waals surface area contributed by atoms with Crippen LogP contribution in [0.25, 0.3) is 0 Å². The van der Waals surface area contributed by atoms with Gasteiger partial charge in [-0.05, 0) is 40.9 Å². The first-order chi connectivity index (χ1) is 9.70. The van der Waals surface area contributed by atoms with Crippen LogP contribution in [0, 0.1) is 5.82 Å². The van der Waals surface area contributed by atoms with Crippen molar-refractivity contribution in [1.29, 1.82) is 0 Å². The number of ether oxygens (including phenoxy) is 1. The molecule has 3 rings (SSSR count). The molecule has 1 aliphatic rings. The van der Waals surface area contributed by atoms with Gasteiger partial charge in [0, 0.05) is 24.8 Å². The fraction of sp³-hybridized carbons (Fsp3) is 0.286. The summed E-state index contributed by atoms with van der Waals surface area (Å²) in [6, 6.07) is 4.87. The highest BCUT2D eigenvalue weighted by Crippen LogP contribution is 2.29. The normalized spacial score (nSPS) is 14.3. The lowest BCUT2D eigenvalue weighted by atomic mass is 10.3. The lowest BCUT2D eigenvalue weighted by Gasteiger charge is -2.08. The van der Waals surface area contributed by atoms with Gasteiger partial charge in [0.25, 0.3) is 0 Å². The second-order valence-corrected chi connectivity index (χ2v) is 5.53. The van der Waals surface area contributed by atoms with E-state index in [1.54, 1.807) is 12.3 Å². The quantitative estimate of drug-likeness (QED) is 0.908. The van der Waals surface area contributed by atoms with E-state index in [9.17, 15) is 4.39 Å². The van der Waals surface area contributed by atoms with Crippen LogP contribution in [0.4, 0.5) is 4.39 Å². The summed E-state index contributed by atoms with van der Waals surface area (Å²) >= 11 is 3.31. The van der Waals surface area contributed by atoms with Crippen LogP contribution < -0.4 is 10.1 Å². The Morgan fingerprint density at radius 2 is 2.20 bits per heavy atom. The van der Waals surface area contributed by atoms with Crippen molar-refractivity contribution in [2.75, 3.05) is 0 Å². The van der Waals surface area contributed by atoms with E-state index in [1.807, 2.05) is 0 Å². The molecule has 104 valence electrons. The molecule has 1 fully saturated rings. The smallest absolute Gasteiger partial charge is 0.238 e. The summed E-state index contributed by atoms with van der Waals surface area (Å²) in [6.45, 7) is 0.666. The number of rotatable bonds is 5. The summed E-state index contributed by atoms with van der Waals surface area (Å²) in [5.41, 5.74) is 0.807. The van der Waals surface area contributed by atoms with Gasteiger partial charge in [-0.25, -0.2) is 9.37 Å². The van der Waals surface area contributed by atoms with Crippen molar-refractivity contribution in [3.05, 3.63) is 46.6 Å². The van der Waals surface area contributed by atoms with Crippen molar-refractivity contribution >= 4 is 15.9 Å². The van der Waals surface area contributed by atoms with Gasteiger partial charge in [-0.3, -0.25) is 4.98 Å². The zero-order valence-corrected chi connectivity index (χ0v) is 12.2. The van der Waals surface area contributed by atoms with Crippen LogP contribution in [-0.2, 0) is 6.54 Å². The van der Waals surface area contributed by atoms with Crippen LogP contribution in [0.5, 0.6) is 11.6 Å². The van der Waals surface area contributed by atoms with E-state index in [1.165, 1.54) is 31.2 Å². The summed E-state index contributed by atoms with van der Waals surface area (Å²) in [4.78, 5) is 8.44. The molecule has 0 unspecified atom stereocenters. The van der Waals surface area contributed by atoms with Crippen molar-refractivity contribution in [1.82, 2.24) is 15.3 Å². The van der Waals surface area contributed by atoms with Crippen molar-refractivity contribution < 1.29 is 9.13 Å². The minimum Gasteiger partial charge on any atom is -0.436 e.